The first-order valence-electron chi connectivity index (χ1n) is 6.94. The number of hydrogen-bond donors (Lipinski definition) is 0. The van der Waals surface area contributed by atoms with Gasteiger partial charge < -0.3 is 4.90 Å². The molecule has 2 bridgehead atoms. The van der Waals surface area contributed by atoms with Crippen molar-refractivity contribution in [3.63, 3.8) is 0 Å². The lowest BCUT2D eigenvalue weighted by atomic mass is 9.90. The molecule has 2 fully saturated rings. The van der Waals surface area contributed by atoms with Crippen LogP contribution in [0.1, 0.15) is 37.1 Å². The molecule has 1 aliphatic heterocycles. The average molecular weight is 247 g/mol. The fourth-order valence-electron chi connectivity index (χ4n) is 3.50. The van der Waals surface area contributed by atoms with E-state index in [1.54, 1.807) is 0 Å². The molecule has 18 heavy (non-hydrogen) atoms. The van der Waals surface area contributed by atoms with E-state index >= 15 is 0 Å². The topological polar surface area (TPSA) is 38.1 Å². The Hall–Kier alpha value is -1.32. The molecule has 2 aliphatic rings. The van der Waals surface area contributed by atoms with Crippen LogP contribution in [-0.4, -0.2) is 33.2 Å². The average Bonchev–Trinajstić information content (AvgIpc) is 2.79. The van der Waals surface area contributed by atoms with Gasteiger partial charge in [-0.1, -0.05) is 6.42 Å². The number of carbonyl (C=O) groups excluding carboxylic acids is 1. The smallest absolute Gasteiger partial charge is 0.244 e. The van der Waals surface area contributed by atoms with E-state index in [1.807, 2.05) is 24.6 Å². The maximum absolute atomic E-state index is 12.4. The molecular weight excluding hydrogens is 226 g/mol. The molecule has 98 valence electrons. The highest BCUT2D eigenvalue weighted by atomic mass is 16.2. The first-order valence-corrected chi connectivity index (χ1v) is 6.94. The minimum Gasteiger partial charge on any atom is -0.338 e. The zero-order valence-corrected chi connectivity index (χ0v) is 11.2. The molecular formula is C14H21N3O. The molecule has 0 radical (unpaired) electrons. The first kappa shape index (κ1) is 11.8. The predicted octanol–water partition coefficient (Wildman–Crippen LogP) is 1.90. The van der Waals surface area contributed by atoms with Crippen molar-refractivity contribution in [1.82, 2.24) is 14.7 Å². The van der Waals surface area contributed by atoms with E-state index < -0.39 is 0 Å². The van der Waals surface area contributed by atoms with Crippen molar-refractivity contribution in [2.75, 3.05) is 6.54 Å². The van der Waals surface area contributed by atoms with Gasteiger partial charge in [-0.3, -0.25) is 9.48 Å². The van der Waals surface area contributed by atoms with Gasteiger partial charge >= 0.3 is 0 Å². The van der Waals surface area contributed by atoms with Gasteiger partial charge in [0.25, 0.3) is 0 Å². The summed E-state index contributed by atoms with van der Waals surface area (Å²) in [4.78, 5) is 14.5. The number of hydrogen-bond acceptors (Lipinski definition) is 2. The largest absolute Gasteiger partial charge is 0.338 e. The second-order valence-electron chi connectivity index (χ2n) is 5.82. The van der Waals surface area contributed by atoms with Gasteiger partial charge in [-0.15, -0.1) is 0 Å². The molecule has 2 heterocycles. The first-order chi connectivity index (χ1) is 8.63. The van der Waals surface area contributed by atoms with Crippen molar-refractivity contribution in [3.8, 4) is 0 Å². The van der Waals surface area contributed by atoms with Gasteiger partial charge in [0.1, 0.15) is 6.54 Å². The quantitative estimate of drug-likeness (QED) is 0.800. The summed E-state index contributed by atoms with van der Waals surface area (Å²) < 4.78 is 1.83. The Bertz CT molecular complexity index is 466. The normalized spacial score (nSPS) is 26.7. The van der Waals surface area contributed by atoms with E-state index in [0.717, 1.165) is 23.9 Å². The fraction of sp³-hybridized carbons (Fsp3) is 0.714. The lowest BCUT2D eigenvalue weighted by Crippen LogP contribution is -2.37. The van der Waals surface area contributed by atoms with Gasteiger partial charge in [-0.05, 0) is 45.1 Å². The Morgan fingerprint density at radius 1 is 1.44 bits per heavy atom. The van der Waals surface area contributed by atoms with Crippen LogP contribution in [0.4, 0.5) is 0 Å². The second kappa shape index (κ2) is 4.41. The maximum atomic E-state index is 12.4. The molecule has 2 atom stereocenters. The molecule has 1 saturated carbocycles. The summed E-state index contributed by atoms with van der Waals surface area (Å²) in [5.74, 6) is 1.00. The number of fused-ring (bicyclic) bond motifs is 2. The van der Waals surface area contributed by atoms with Crippen LogP contribution < -0.4 is 0 Å². The molecule has 0 aromatic carbocycles. The number of amides is 1. The number of rotatable bonds is 2. The molecule has 1 aliphatic carbocycles. The summed E-state index contributed by atoms with van der Waals surface area (Å²) >= 11 is 0. The van der Waals surface area contributed by atoms with E-state index in [-0.39, 0.29) is 5.91 Å². The Kier molecular flexibility index (Phi) is 2.88. The summed E-state index contributed by atoms with van der Waals surface area (Å²) in [5.41, 5.74) is 2.06. The monoisotopic (exact) mass is 247 g/mol. The van der Waals surface area contributed by atoms with Gasteiger partial charge in [-0.25, -0.2) is 0 Å². The maximum Gasteiger partial charge on any atom is 0.244 e. The molecule has 0 N–H and O–H groups in total. The molecule has 0 unspecified atom stereocenters. The van der Waals surface area contributed by atoms with Crippen molar-refractivity contribution in [1.29, 1.82) is 0 Å². The SMILES string of the molecule is Cc1cc(C)n(CC(=O)N2C[C@@H]3CCC[C@H]2C3)n1. The van der Waals surface area contributed by atoms with E-state index in [0.29, 0.717) is 12.6 Å². The molecule has 1 saturated heterocycles. The van der Waals surface area contributed by atoms with Crippen molar-refractivity contribution < 1.29 is 4.79 Å². The van der Waals surface area contributed by atoms with Gasteiger partial charge in [0.15, 0.2) is 0 Å². The van der Waals surface area contributed by atoms with E-state index in [1.165, 1.54) is 25.7 Å². The van der Waals surface area contributed by atoms with Crippen molar-refractivity contribution in [2.45, 2.75) is 52.1 Å². The van der Waals surface area contributed by atoms with Gasteiger partial charge in [0.05, 0.1) is 5.69 Å². The van der Waals surface area contributed by atoms with Crippen molar-refractivity contribution in [2.24, 2.45) is 5.92 Å². The minimum atomic E-state index is 0.246. The molecule has 1 aromatic rings. The van der Waals surface area contributed by atoms with Crippen molar-refractivity contribution in [3.05, 3.63) is 17.5 Å². The van der Waals surface area contributed by atoms with Crippen LogP contribution in [0.25, 0.3) is 0 Å². The van der Waals surface area contributed by atoms with Crippen LogP contribution >= 0.6 is 0 Å². The van der Waals surface area contributed by atoms with Gasteiger partial charge in [-0.2, -0.15) is 5.10 Å². The Labute approximate surface area is 108 Å². The molecule has 4 heteroatoms. The van der Waals surface area contributed by atoms with Crippen LogP contribution in [-0.2, 0) is 11.3 Å². The number of carbonyl (C=O) groups is 1. The summed E-state index contributed by atoms with van der Waals surface area (Å²) in [7, 11) is 0. The standard InChI is InChI=1S/C14H21N3O/c1-10-6-11(2)17(15-10)9-14(18)16-8-12-4-3-5-13(16)7-12/h6,12-13H,3-5,7-9H2,1-2H3/t12-,13+/m1/s1. The number of likely N-dealkylation sites (tertiary alicyclic amines) is 1. The van der Waals surface area contributed by atoms with Crippen LogP contribution in [0.3, 0.4) is 0 Å². The highest BCUT2D eigenvalue weighted by Gasteiger charge is 2.37. The highest BCUT2D eigenvalue weighted by Crippen LogP contribution is 2.35. The molecule has 0 spiro atoms. The highest BCUT2D eigenvalue weighted by molar-refractivity contribution is 5.76. The van der Waals surface area contributed by atoms with Gasteiger partial charge in [0, 0.05) is 18.3 Å². The molecule has 3 rings (SSSR count). The number of aromatic nitrogens is 2. The van der Waals surface area contributed by atoms with Crippen LogP contribution in [0.15, 0.2) is 6.07 Å². The lowest BCUT2D eigenvalue weighted by Gasteiger charge is -2.24. The van der Waals surface area contributed by atoms with E-state index in [9.17, 15) is 4.79 Å². The van der Waals surface area contributed by atoms with Crippen LogP contribution in [0.2, 0.25) is 0 Å². The Balaban J connectivity index is 1.70. The fourth-order valence-corrected chi connectivity index (χ4v) is 3.50. The third kappa shape index (κ3) is 2.04. The predicted molar refractivity (Wildman–Crippen MR) is 69.2 cm³/mol. The van der Waals surface area contributed by atoms with E-state index in [2.05, 4.69) is 10.00 Å². The van der Waals surface area contributed by atoms with Crippen LogP contribution in [0, 0.1) is 19.8 Å². The third-order valence-electron chi connectivity index (χ3n) is 4.36. The van der Waals surface area contributed by atoms with E-state index in [4.69, 9.17) is 0 Å². The van der Waals surface area contributed by atoms with Gasteiger partial charge in [0.2, 0.25) is 5.91 Å². The second-order valence-corrected chi connectivity index (χ2v) is 5.82. The van der Waals surface area contributed by atoms with Crippen molar-refractivity contribution >= 4 is 5.91 Å². The summed E-state index contributed by atoms with van der Waals surface area (Å²) in [6.07, 6.45) is 5.02. The third-order valence-corrected chi connectivity index (χ3v) is 4.36. The molecule has 1 amide bonds. The van der Waals surface area contributed by atoms with Crippen LogP contribution in [0.5, 0.6) is 0 Å². The molecule has 4 nitrogen and oxygen atoms in total. The number of aryl methyl sites for hydroxylation is 2. The minimum absolute atomic E-state index is 0.246. The Morgan fingerprint density at radius 3 is 2.94 bits per heavy atom. The summed E-state index contributed by atoms with van der Waals surface area (Å²) in [6, 6.07) is 2.53. The number of nitrogens with zero attached hydrogens (tertiary/aromatic N) is 3. The summed E-state index contributed by atoms with van der Waals surface area (Å²) in [6.45, 7) is 5.36. The molecule has 1 aromatic heterocycles. The zero-order valence-electron chi connectivity index (χ0n) is 11.2. The Morgan fingerprint density at radius 2 is 2.28 bits per heavy atom. The zero-order chi connectivity index (χ0) is 12.7. The lowest BCUT2D eigenvalue weighted by molar-refractivity contribution is -0.132. The summed E-state index contributed by atoms with van der Waals surface area (Å²) in [5, 5.41) is 4.38.